The first-order chi connectivity index (χ1) is 17.5. The number of benzene rings is 2. The van der Waals surface area contributed by atoms with Crippen molar-refractivity contribution >= 4 is 29.9 Å². The standard InChI is InChI=1S/C27H31N3O3.CH2O2/c31-25-15-14-24(26(32)29-25)30-17-20-16-21(12-13-22(20)27(30)33)28-23-9-5-4-8-19(23)11-10-18-6-2-1-3-7-18;2-1-3/h1-3,6-7,12-13,16,19,23-24,28H,4-5,8-11,14-15,17H2,(H,29,31,32);1H,(H,2,3)/t19-,23+,24?;/m1./s1. The number of hydrogen-bond acceptors (Lipinski definition) is 5. The van der Waals surface area contributed by atoms with Crippen LogP contribution in [0.25, 0.3) is 0 Å². The number of anilines is 1. The number of carbonyl (C=O) groups excluding carboxylic acids is 3. The molecule has 190 valence electrons. The number of imide groups is 1. The van der Waals surface area contributed by atoms with Gasteiger partial charge in [0.05, 0.1) is 0 Å². The molecule has 2 heterocycles. The Kier molecular flexibility index (Phi) is 8.36. The van der Waals surface area contributed by atoms with Crippen LogP contribution in [0.15, 0.2) is 48.5 Å². The molecule has 8 heteroatoms. The number of nitrogens with one attached hydrogen (secondary N) is 2. The average molecular weight is 492 g/mol. The van der Waals surface area contributed by atoms with Gasteiger partial charge in [-0.25, -0.2) is 0 Å². The molecule has 3 amide bonds. The van der Waals surface area contributed by atoms with Crippen LogP contribution < -0.4 is 10.6 Å². The first kappa shape index (κ1) is 25.4. The zero-order valence-electron chi connectivity index (χ0n) is 20.3. The number of hydrogen-bond donors (Lipinski definition) is 3. The molecule has 2 aliphatic heterocycles. The molecule has 0 bridgehead atoms. The molecule has 1 unspecified atom stereocenters. The average Bonchev–Trinajstić information content (AvgIpc) is 3.20. The summed E-state index contributed by atoms with van der Waals surface area (Å²) in [5.41, 5.74) is 4.05. The molecular formula is C28H33N3O5. The fourth-order valence-electron chi connectivity index (χ4n) is 5.62. The van der Waals surface area contributed by atoms with Crippen LogP contribution in [0.3, 0.4) is 0 Å². The zero-order chi connectivity index (χ0) is 25.5. The van der Waals surface area contributed by atoms with Crippen molar-refractivity contribution in [2.24, 2.45) is 5.92 Å². The number of aryl methyl sites for hydroxylation is 1. The van der Waals surface area contributed by atoms with E-state index in [0.717, 1.165) is 24.1 Å². The van der Waals surface area contributed by atoms with Crippen molar-refractivity contribution in [2.45, 2.75) is 70.0 Å². The van der Waals surface area contributed by atoms with Crippen LogP contribution in [-0.2, 0) is 27.3 Å². The summed E-state index contributed by atoms with van der Waals surface area (Å²) in [6, 6.07) is 16.5. The first-order valence-corrected chi connectivity index (χ1v) is 12.7. The van der Waals surface area contributed by atoms with E-state index >= 15 is 0 Å². The van der Waals surface area contributed by atoms with Gasteiger partial charge in [-0.2, -0.15) is 0 Å². The van der Waals surface area contributed by atoms with Crippen molar-refractivity contribution in [1.29, 1.82) is 0 Å². The van der Waals surface area contributed by atoms with Crippen LogP contribution in [0.5, 0.6) is 0 Å². The van der Waals surface area contributed by atoms with Crippen molar-refractivity contribution in [3.05, 3.63) is 65.2 Å². The van der Waals surface area contributed by atoms with Crippen LogP contribution in [0.1, 0.15) is 66.4 Å². The Morgan fingerprint density at radius 1 is 1.03 bits per heavy atom. The number of carboxylic acid groups (broad SMARTS) is 1. The van der Waals surface area contributed by atoms with Crippen LogP contribution in [0, 0.1) is 5.92 Å². The maximum Gasteiger partial charge on any atom is 0.290 e. The Bertz CT molecular complexity index is 1100. The summed E-state index contributed by atoms with van der Waals surface area (Å²) in [7, 11) is 0. The lowest BCUT2D eigenvalue weighted by atomic mass is 9.81. The summed E-state index contributed by atoms with van der Waals surface area (Å²) < 4.78 is 0. The number of piperidine rings is 1. The van der Waals surface area contributed by atoms with Gasteiger partial charge in [0.2, 0.25) is 11.8 Å². The van der Waals surface area contributed by atoms with Gasteiger partial charge >= 0.3 is 0 Å². The summed E-state index contributed by atoms with van der Waals surface area (Å²) in [4.78, 5) is 46.7. The van der Waals surface area contributed by atoms with E-state index in [1.807, 2.05) is 12.1 Å². The largest absolute Gasteiger partial charge is 0.483 e. The third-order valence-corrected chi connectivity index (χ3v) is 7.43. The second-order valence-corrected chi connectivity index (χ2v) is 9.70. The molecule has 1 saturated carbocycles. The van der Waals surface area contributed by atoms with Crippen LogP contribution in [0.4, 0.5) is 5.69 Å². The normalized spacial score (nSPS) is 23.3. The van der Waals surface area contributed by atoms with Crippen LogP contribution >= 0.6 is 0 Å². The monoisotopic (exact) mass is 491 g/mol. The molecule has 2 aromatic rings. The van der Waals surface area contributed by atoms with Gasteiger partial charge in [0, 0.05) is 30.3 Å². The molecular weight excluding hydrogens is 458 g/mol. The lowest BCUT2D eigenvalue weighted by molar-refractivity contribution is -0.137. The minimum Gasteiger partial charge on any atom is -0.483 e. The highest BCUT2D eigenvalue weighted by Gasteiger charge is 2.39. The van der Waals surface area contributed by atoms with E-state index in [1.54, 1.807) is 4.90 Å². The van der Waals surface area contributed by atoms with E-state index in [0.29, 0.717) is 30.5 Å². The summed E-state index contributed by atoms with van der Waals surface area (Å²) in [6.07, 6.45) is 7.88. The van der Waals surface area contributed by atoms with Gasteiger partial charge in [-0.05, 0) is 67.3 Å². The topological polar surface area (TPSA) is 116 Å². The molecule has 3 N–H and O–H groups in total. The molecule has 0 aromatic heterocycles. The molecule has 2 fully saturated rings. The number of carbonyl (C=O) groups is 4. The van der Waals surface area contributed by atoms with E-state index in [4.69, 9.17) is 9.90 Å². The summed E-state index contributed by atoms with van der Waals surface area (Å²) in [5, 5.41) is 13.0. The predicted molar refractivity (Wildman–Crippen MR) is 135 cm³/mol. The van der Waals surface area contributed by atoms with Crippen molar-refractivity contribution in [1.82, 2.24) is 10.2 Å². The highest BCUT2D eigenvalue weighted by molar-refractivity contribution is 6.05. The second-order valence-electron chi connectivity index (χ2n) is 9.70. The number of nitrogens with zero attached hydrogens (tertiary/aromatic N) is 1. The minimum atomic E-state index is -0.570. The molecule has 3 atom stereocenters. The molecule has 8 nitrogen and oxygen atoms in total. The van der Waals surface area contributed by atoms with Gasteiger partial charge in [-0.3, -0.25) is 24.5 Å². The molecule has 5 rings (SSSR count). The summed E-state index contributed by atoms with van der Waals surface area (Å²) in [5.74, 6) is -0.117. The van der Waals surface area contributed by atoms with Gasteiger partial charge in [-0.1, -0.05) is 43.2 Å². The van der Waals surface area contributed by atoms with Gasteiger partial charge in [0.15, 0.2) is 0 Å². The van der Waals surface area contributed by atoms with Gasteiger partial charge in [0.25, 0.3) is 12.4 Å². The fourth-order valence-corrected chi connectivity index (χ4v) is 5.62. The van der Waals surface area contributed by atoms with Gasteiger partial charge < -0.3 is 15.3 Å². The molecule has 1 aliphatic carbocycles. The van der Waals surface area contributed by atoms with E-state index in [2.05, 4.69) is 47.0 Å². The molecule has 1 saturated heterocycles. The fraction of sp³-hybridized carbons (Fsp3) is 0.429. The Balaban J connectivity index is 0.000000967. The van der Waals surface area contributed by atoms with E-state index < -0.39 is 6.04 Å². The lowest BCUT2D eigenvalue weighted by Gasteiger charge is -2.33. The third kappa shape index (κ3) is 5.93. The highest BCUT2D eigenvalue weighted by Crippen LogP contribution is 2.33. The Morgan fingerprint density at radius 2 is 1.78 bits per heavy atom. The Hall–Kier alpha value is -3.68. The molecule has 0 spiro atoms. The van der Waals surface area contributed by atoms with E-state index in [9.17, 15) is 14.4 Å². The van der Waals surface area contributed by atoms with Crippen LogP contribution in [0.2, 0.25) is 0 Å². The minimum absolute atomic E-state index is 0.121. The van der Waals surface area contributed by atoms with Crippen molar-refractivity contribution in [3.8, 4) is 0 Å². The molecule has 2 aromatic carbocycles. The number of amides is 3. The summed E-state index contributed by atoms with van der Waals surface area (Å²) in [6.45, 7) is 0.165. The third-order valence-electron chi connectivity index (χ3n) is 7.43. The number of rotatable bonds is 6. The SMILES string of the molecule is O=C1CCC(N2Cc3cc(N[C@H]4CCCC[C@@H]4CCc4ccccc4)ccc3C2=O)C(=O)N1.O=CO. The maximum atomic E-state index is 12.9. The first-order valence-electron chi connectivity index (χ1n) is 12.7. The quantitative estimate of drug-likeness (QED) is 0.419. The molecule has 0 radical (unpaired) electrons. The predicted octanol–water partition coefficient (Wildman–Crippen LogP) is 3.75. The highest BCUT2D eigenvalue weighted by atomic mass is 16.3. The lowest BCUT2D eigenvalue weighted by Crippen LogP contribution is -2.52. The van der Waals surface area contributed by atoms with E-state index in [1.165, 1.54) is 31.2 Å². The van der Waals surface area contributed by atoms with Crippen molar-refractivity contribution in [2.75, 3.05) is 5.32 Å². The maximum absolute atomic E-state index is 12.9. The smallest absolute Gasteiger partial charge is 0.290 e. The van der Waals surface area contributed by atoms with Crippen LogP contribution in [-0.4, -0.2) is 46.3 Å². The second kappa shape index (κ2) is 11.8. The van der Waals surface area contributed by atoms with E-state index in [-0.39, 0.29) is 30.6 Å². The van der Waals surface area contributed by atoms with Crippen molar-refractivity contribution < 1.29 is 24.3 Å². The zero-order valence-corrected chi connectivity index (χ0v) is 20.3. The van der Waals surface area contributed by atoms with Crippen molar-refractivity contribution in [3.63, 3.8) is 0 Å². The Labute approximate surface area is 211 Å². The Morgan fingerprint density at radius 3 is 2.53 bits per heavy atom. The van der Waals surface area contributed by atoms with Gasteiger partial charge in [0.1, 0.15) is 6.04 Å². The molecule has 3 aliphatic rings. The number of fused-ring (bicyclic) bond motifs is 1. The molecule has 36 heavy (non-hydrogen) atoms. The summed E-state index contributed by atoms with van der Waals surface area (Å²) >= 11 is 0. The van der Waals surface area contributed by atoms with Gasteiger partial charge in [-0.15, -0.1) is 0 Å².